The Kier molecular flexibility index (Phi) is 4.20. The lowest BCUT2D eigenvalue weighted by atomic mass is 10.2. The van der Waals surface area contributed by atoms with Crippen LogP contribution in [-0.4, -0.2) is 6.61 Å². The lowest BCUT2D eigenvalue weighted by Gasteiger charge is -2.06. The van der Waals surface area contributed by atoms with E-state index in [0.717, 1.165) is 25.2 Å². The number of allylic oxidation sites excluding steroid dienone is 5. The van der Waals surface area contributed by atoms with Crippen LogP contribution in [0.1, 0.15) is 18.9 Å². The summed E-state index contributed by atoms with van der Waals surface area (Å²) >= 11 is 0. The SMILES string of the molecule is CC1=CC=C(OCCc2ccccc2)C=CC1. The lowest BCUT2D eigenvalue weighted by Crippen LogP contribution is -1.97. The minimum Gasteiger partial charge on any atom is -0.493 e. The van der Waals surface area contributed by atoms with Gasteiger partial charge in [0.2, 0.25) is 0 Å². The van der Waals surface area contributed by atoms with Gasteiger partial charge in [0.15, 0.2) is 0 Å². The molecule has 1 nitrogen and oxygen atoms in total. The molecule has 0 heterocycles. The zero-order chi connectivity index (χ0) is 11.9. The van der Waals surface area contributed by atoms with E-state index >= 15 is 0 Å². The average Bonchev–Trinajstić information content (AvgIpc) is 2.56. The molecular formula is C16H18O. The van der Waals surface area contributed by atoms with Crippen LogP contribution in [0.25, 0.3) is 0 Å². The Balaban J connectivity index is 1.83. The molecule has 0 spiro atoms. The molecule has 0 unspecified atom stereocenters. The third kappa shape index (κ3) is 3.95. The summed E-state index contributed by atoms with van der Waals surface area (Å²) in [6.07, 6.45) is 10.3. The first-order valence-corrected chi connectivity index (χ1v) is 6.05. The lowest BCUT2D eigenvalue weighted by molar-refractivity contribution is 0.228. The van der Waals surface area contributed by atoms with Crippen molar-refractivity contribution in [1.82, 2.24) is 0 Å². The third-order valence-corrected chi connectivity index (χ3v) is 2.76. The Hall–Kier alpha value is -1.76. The van der Waals surface area contributed by atoms with Gasteiger partial charge in [0.1, 0.15) is 5.76 Å². The van der Waals surface area contributed by atoms with Gasteiger partial charge in [-0.25, -0.2) is 0 Å². The van der Waals surface area contributed by atoms with E-state index < -0.39 is 0 Å². The van der Waals surface area contributed by atoms with E-state index in [9.17, 15) is 0 Å². The highest BCUT2D eigenvalue weighted by molar-refractivity contribution is 5.26. The van der Waals surface area contributed by atoms with Crippen molar-refractivity contribution >= 4 is 0 Å². The number of ether oxygens (including phenoxy) is 1. The fraction of sp³-hybridized carbons (Fsp3) is 0.250. The van der Waals surface area contributed by atoms with Crippen molar-refractivity contribution in [1.29, 1.82) is 0 Å². The highest BCUT2D eigenvalue weighted by Gasteiger charge is 1.97. The van der Waals surface area contributed by atoms with E-state index in [0.29, 0.717) is 0 Å². The first kappa shape index (κ1) is 11.7. The molecule has 0 saturated heterocycles. The van der Waals surface area contributed by atoms with Crippen molar-refractivity contribution in [3.05, 3.63) is 71.5 Å². The van der Waals surface area contributed by atoms with Crippen LogP contribution in [0.3, 0.4) is 0 Å². The van der Waals surface area contributed by atoms with Gasteiger partial charge in [-0.2, -0.15) is 0 Å². The van der Waals surface area contributed by atoms with Crippen LogP contribution in [0.15, 0.2) is 66.0 Å². The monoisotopic (exact) mass is 226 g/mol. The van der Waals surface area contributed by atoms with E-state index in [1.54, 1.807) is 0 Å². The van der Waals surface area contributed by atoms with Gasteiger partial charge in [0, 0.05) is 6.42 Å². The quantitative estimate of drug-likeness (QED) is 0.753. The summed E-state index contributed by atoms with van der Waals surface area (Å²) in [5.41, 5.74) is 2.68. The summed E-state index contributed by atoms with van der Waals surface area (Å²) in [6.45, 7) is 2.86. The third-order valence-electron chi connectivity index (χ3n) is 2.76. The second-order valence-electron chi connectivity index (χ2n) is 4.27. The second-order valence-corrected chi connectivity index (χ2v) is 4.27. The van der Waals surface area contributed by atoms with Gasteiger partial charge >= 0.3 is 0 Å². The van der Waals surface area contributed by atoms with Crippen molar-refractivity contribution in [3.8, 4) is 0 Å². The Bertz CT molecular complexity index is 438. The molecule has 0 aromatic heterocycles. The first-order valence-electron chi connectivity index (χ1n) is 6.05. The highest BCUT2D eigenvalue weighted by atomic mass is 16.5. The van der Waals surface area contributed by atoms with Crippen LogP contribution >= 0.6 is 0 Å². The number of hydrogen-bond acceptors (Lipinski definition) is 1. The predicted molar refractivity (Wildman–Crippen MR) is 71.7 cm³/mol. The minimum absolute atomic E-state index is 0.729. The summed E-state index contributed by atoms with van der Waals surface area (Å²) in [7, 11) is 0. The smallest absolute Gasteiger partial charge is 0.118 e. The van der Waals surface area contributed by atoms with Crippen LogP contribution in [-0.2, 0) is 11.2 Å². The largest absolute Gasteiger partial charge is 0.493 e. The second kappa shape index (κ2) is 6.09. The number of rotatable bonds is 4. The van der Waals surface area contributed by atoms with Crippen LogP contribution < -0.4 is 0 Å². The Morgan fingerprint density at radius 2 is 1.94 bits per heavy atom. The molecule has 0 amide bonds. The molecule has 0 atom stereocenters. The van der Waals surface area contributed by atoms with Crippen LogP contribution in [0.4, 0.5) is 0 Å². The maximum absolute atomic E-state index is 5.74. The molecule has 88 valence electrons. The Morgan fingerprint density at radius 3 is 2.76 bits per heavy atom. The minimum atomic E-state index is 0.729. The van der Waals surface area contributed by atoms with Crippen molar-refractivity contribution in [2.45, 2.75) is 19.8 Å². The molecule has 0 saturated carbocycles. The summed E-state index contributed by atoms with van der Waals surface area (Å²) in [5, 5.41) is 0. The summed E-state index contributed by atoms with van der Waals surface area (Å²) in [4.78, 5) is 0. The van der Waals surface area contributed by atoms with Crippen LogP contribution in [0.5, 0.6) is 0 Å². The number of hydrogen-bond donors (Lipinski definition) is 0. The predicted octanol–water partition coefficient (Wildman–Crippen LogP) is 4.04. The van der Waals surface area contributed by atoms with Gasteiger partial charge in [-0.15, -0.1) is 0 Å². The van der Waals surface area contributed by atoms with Gasteiger partial charge in [-0.1, -0.05) is 48.1 Å². The molecule has 17 heavy (non-hydrogen) atoms. The molecule has 0 bridgehead atoms. The zero-order valence-corrected chi connectivity index (χ0v) is 10.2. The van der Waals surface area contributed by atoms with Gasteiger partial charge in [-0.3, -0.25) is 0 Å². The van der Waals surface area contributed by atoms with Gasteiger partial charge in [0.25, 0.3) is 0 Å². The molecule has 1 aromatic rings. The zero-order valence-electron chi connectivity index (χ0n) is 10.2. The van der Waals surface area contributed by atoms with Crippen molar-refractivity contribution in [2.24, 2.45) is 0 Å². The van der Waals surface area contributed by atoms with Gasteiger partial charge < -0.3 is 4.74 Å². The van der Waals surface area contributed by atoms with E-state index in [1.807, 2.05) is 12.1 Å². The molecule has 1 aliphatic carbocycles. The normalized spacial score (nSPS) is 14.9. The van der Waals surface area contributed by atoms with Gasteiger partial charge in [0.05, 0.1) is 6.61 Å². The standard InChI is InChI=1S/C16H18O/c1-14-6-5-9-16(11-10-14)17-13-12-15-7-3-2-4-8-15/h2-5,7-11H,6,12-13H2,1H3. The average molecular weight is 226 g/mol. The molecule has 0 radical (unpaired) electrons. The molecule has 0 fully saturated rings. The summed E-state index contributed by atoms with van der Waals surface area (Å²) in [5.74, 6) is 0.956. The molecule has 1 aromatic carbocycles. The molecule has 1 aliphatic rings. The summed E-state index contributed by atoms with van der Waals surface area (Å²) in [6, 6.07) is 10.4. The molecular weight excluding hydrogens is 208 g/mol. The van der Waals surface area contributed by atoms with E-state index in [2.05, 4.69) is 49.4 Å². The fourth-order valence-corrected chi connectivity index (χ4v) is 1.74. The van der Waals surface area contributed by atoms with Gasteiger partial charge in [-0.05, 0) is 31.1 Å². The van der Waals surface area contributed by atoms with E-state index in [4.69, 9.17) is 4.74 Å². The highest BCUT2D eigenvalue weighted by Crippen LogP contribution is 2.12. The van der Waals surface area contributed by atoms with Crippen molar-refractivity contribution in [2.75, 3.05) is 6.61 Å². The van der Waals surface area contributed by atoms with Crippen molar-refractivity contribution < 1.29 is 4.74 Å². The van der Waals surface area contributed by atoms with E-state index in [1.165, 1.54) is 11.1 Å². The van der Waals surface area contributed by atoms with E-state index in [-0.39, 0.29) is 0 Å². The fourth-order valence-electron chi connectivity index (χ4n) is 1.74. The topological polar surface area (TPSA) is 9.23 Å². The van der Waals surface area contributed by atoms with Crippen molar-refractivity contribution in [3.63, 3.8) is 0 Å². The maximum atomic E-state index is 5.74. The first-order chi connectivity index (χ1) is 8.34. The van der Waals surface area contributed by atoms with Crippen LogP contribution in [0, 0.1) is 0 Å². The molecule has 0 aliphatic heterocycles. The molecule has 1 heteroatoms. The Morgan fingerprint density at radius 1 is 1.12 bits per heavy atom. The maximum Gasteiger partial charge on any atom is 0.118 e. The molecule has 0 N–H and O–H groups in total. The number of benzene rings is 1. The Labute approximate surface area is 103 Å². The summed E-state index contributed by atoms with van der Waals surface area (Å²) < 4.78 is 5.74. The molecule has 2 rings (SSSR count). The van der Waals surface area contributed by atoms with Crippen LogP contribution in [0.2, 0.25) is 0 Å².